The molecule has 1 atom stereocenters. The van der Waals surface area contributed by atoms with Gasteiger partial charge in [-0.15, -0.1) is 0 Å². The lowest BCUT2D eigenvalue weighted by Crippen LogP contribution is -2.44. The molecule has 0 radical (unpaired) electrons. The summed E-state index contributed by atoms with van der Waals surface area (Å²) < 4.78 is 20.2. The molecule has 1 aromatic carbocycles. The van der Waals surface area contributed by atoms with E-state index in [2.05, 4.69) is 9.97 Å². The van der Waals surface area contributed by atoms with Gasteiger partial charge in [-0.05, 0) is 5.56 Å². The van der Waals surface area contributed by atoms with Crippen LogP contribution in [0.5, 0.6) is 11.8 Å². The Kier molecular flexibility index (Phi) is 7.49. The summed E-state index contributed by atoms with van der Waals surface area (Å²) in [6.45, 7) is 2.55. The van der Waals surface area contributed by atoms with Crippen molar-refractivity contribution >= 4 is 11.9 Å². The average molecular weight is 404 g/mol. The smallest absolute Gasteiger partial charge is 0.347 e. The Hall–Kier alpha value is -3.20. The molecule has 0 amide bonds. The number of nitrogens with zero attached hydrogens (tertiary/aromatic N) is 2. The van der Waals surface area contributed by atoms with E-state index >= 15 is 0 Å². The van der Waals surface area contributed by atoms with E-state index in [1.165, 1.54) is 20.3 Å². The molecule has 0 aliphatic carbocycles. The zero-order valence-corrected chi connectivity index (χ0v) is 16.7. The van der Waals surface area contributed by atoms with Gasteiger partial charge in [0.05, 0.1) is 20.3 Å². The van der Waals surface area contributed by atoms with Crippen molar-refractivity contribution in [1.82, 2.24) is 9.97 Å². The maximum absolute atomic E-state index is 12.6. The van der Waals surface area contributed by atoms with Crippen molar-refractivity contribution in [3.63, 3.8) is 0 Å². The highest BCUT2D eigenvalue weighted by atomic mass is 16.6. The molecule has 29 heavy (non-hydrogen) atoms. The quantitative estimate of drug-likeness (QED) is 0.622. The van der Waals surface area contributed by atoms with Crippen molar-refractivity contribution in [3.8, 4) is 11.8 Å². The van der Waals surface area contributed by atoms with Crippen molar-refractivity contribution in [3.05, 3.63) is 47.8 Å². The third kappa shape index (κ3) is 5.41. The van der Waals surface area contributed by atoms with Gasteiger partial charge in [-0.3, -0.25) is 0 Å². The van der Waals surface area contributed by atoms with Gasteiger partial charge in [0.2, 0.25) is 17.4 Å². The first-order valence-electron chi connectivity index (χ1n) is 8.88. The molecule has 1 heterocycles. The van der Waals surface area contributed by atoms with Crippen LogP contribution in [0.3, 0.4) is 0 Å². The van der Waals surface area contributed by atoms with Gasteiger partial charge in [0.1, 0.15) is 6.61 Å². The van der Waals surface area contributed by atoms with Gasteiger partial charge < -0.3 is 24.1 Å². The highest BCUT2D eigenvalue weighted by Crippen LogP contribution is 2.31. The van der Waals surface area contributed by atoms with Gasteiger partial charge in [0.15, 0.2) is 12.4 Å². The van der Waals surface area contributed by atoms with Gasteiger partial charge in [-0.1, -0.05) is 44.2 Å². The second-order valence-electron chi connectivity index (χ2n) is 6.42. The predicted octanol–water partition coefficient (Wildman–Crippen LogP) is 1.62. The van der Waals surface area contributed by atoms with Crippen molar-refractivity contribution in [2.75, 3.05) is 20.8 Å². The number of rotatable bonds is 9. The van der Waals surface area contributed by atoms with E-state index in [1.54, 1.807) is 26.0 Å². The average Bonchev–Trinajstić information content (AvgIpc) is 2.75. The summed E-state index contributed by atoms with van der Waals surface area (Å²) in [6.07, 6.45) is 0. The van der Waals surface area contributed by atoms with Crippen LogP contribution in [-0.2, 0) is 31.3 Å². The van der Waals surface area contributed by atoms with Crippen LogP contribution in [0, 0.1) is 5.92 Å². The third-order valence-corrected chi connectivity index (χ3v) is 4.15. The summed E-state index contributed by atoms with van der Waals surface area (Å²) >= 11 is 0. The molecule has 0 aliphatic rings. The number of hydrogen-bond acceptors (Lipinski definition) is 9. The summed E-state index contributed by atoms with van der Waals surface area (Å²) in [5.41, 5.74) is -1.43. The van der Waals surface area contributed by atoms with Gasteiger partial charge >= 0.3 is 11.9 Å². The first-order chi connectivity index (χ1) is 13.8. The molecule has 156 valence electrons. The Labute approximate surface area is 168 Å². The lowest BCUT2D eigenvalue weighted by molar-refractivity contribution is -0.179. The second-order valence-corrected chi connectivity index (χ2v) is 6.42. The molecule has 9 nitrogen and oxygen atoms in total. The topological polar surface area (TPSA) is 117 Å². The van der Waals surface area contributed by atoms with Crippen LogP contribution >= 0.6 is 0 Å². The van der Waals surface area contributed by atoms with E-state index < -0.39 is 30.1 Å². The molecule has 2 rings (SSSR count). The standard InChI is InChI=1S/C20H24N2O7/c1-13(2)20(25,18-21-15(26-3)10-16(22-18)27-4)19(24)29-12-17(23)28-11-14-8-6-5-7-9-14/h5-10,13,25H,11-12H2,1-4H3. The Morgan fingerprint density at radius 3 is 2.14 bits per heavy atom. The molecule has 0 fully saturated rings. The molecule has 0 bridgehead atoms. The van der Waals surface area contributed by atoms with Crippen molar-refractivity contribution in [2.24, 2.45) is 5.92 Å². The molecule has 0 spiro atoms. The minimum absolute atomic E-state index is 0.0435. The highest BCUT2D eigenvalue weighted by molar-refractivity contribution is 5.83. The first-order valence-corrected chi connectivity index (χ1v) is 8.88. The molecule has 9 heteroatoms. The fraction of sp³-hybridized carbons (Fsp3) is 0.400. The van der Waals surface area contributed by atoms with Crippen LogP contribution in [0.15, 0.2) is 36.4 Å². The summed E-state index contributed by atoms with van der Waals surface area (Å²) in [5, 5.41) is 11.0. The van der Waals surface area contributed by atoms with Gasteiger partial charge in [0.25, 0.3) is 0 Å². The molecule has 1 aromatic heterocycles. The minimum Gasteiger partial charge on any atom is -0.481 e. The van der Waals surface area contributed by atoms with Crippen LogP contribution in [-0.4, -0.2) is 47.8 Å². The fourth-order valence-electron chi connectivity index (χ4n) is 2.38. The van der Waals surface area contributed by atoms with Crippen molar-refractivity contribution in [1.29, 1.82) is 0 Å². The number of benzene rings is 1. The van der Waals surface area contributed by atoms with Gasteiger partial charge in [0, 0.05) is 5.92 Å². The van der Waals surface area contributed by atoms with E-state index in [1.807, 2.05) is 18.2 Å². The number of methoxy groups -OCH3 is 2. The van der Waals surface area contributed by atoms with Crippen LogP contribution in [0.1, 0.15) is 25.2 Å². The Morgan fingerprint density at radius 2 is 1.62 bits per heavy atom. The van der Waals surface area contributed by atoms with Crippen molar-refractivity contribution in [2.45, 2.75) is 26.1 Å². The molecular weight excluding hydrogens is 380 g/mol. The molecule has 1 unspecified atom stereocenters. The number of aromatic nitrogens is 2. The molecule has 2 aromatic rings. The maximum Gasteiger partial charge on any atom is 0.347 e. The Balaban J connectivity index is 2.09. The Morgan fingerprint density at radius 1 is 1.03 bits per heavy atom. The summed E-state index contributed by atoms with van der Waals surface area (Å²) in [7, 11) is 2.75. The summed E-state index contributed by atoms with van der Waals surface area (Å²) in [4.78, 5) is 32.6. The number of ether oxygens (including phenoxy) is 4. The second kappa shape index (κ2) is 9.83. The fourth-order valence-corrected chi connectivity index (χ4v) is 2.38. The van der Waals surface area contributed by atoms with Crippen LogP contribution in [0.25, 0.3) is 0 Å². The lowest BCUT2D eigenvalue weighted by atomic mass is 9.89. The van der Waals surface area contributed by atoms with Crippen LogP contribution in [0.2, 0.25) is 0 Å². The zero-order valence-electron chi connectivity index (χ0n) is 16.7. The highest BCUT2D eigenvalue weighted by Gasteiger charge is 2.47. The molecule has 0 saturated heterocycles. The van der Waals surface area contributed by atoms with Crippen LogP contribution in [0.4, 0.5) is 0 Å². The molecule has 0 aliphatic heterocycles. The predicted molar refractivity (Wildman–Crippen MR) is 101 cm³/mol. The van der Waals surface area contributed by atoms with Gasteiger partial charge in [-0.25, -0.2) is 9.59 Å². The maximum atomic E-state index is 12.6. The normalized spacial score (nSPS) is 12.8. The monoisotopic (exact) mass is 404 g/mol. The molecular formula is C20H24N2O7. The van der Waals surface area contributed by atoms with E-state index in [4.69, 9.17) is 18.9 Å². The van der Waals surface area contributed by atoms with Crippen LogP contribution < -0.4 is 9.47 Å². The van der Waals surface area contributed by atoms with E-state index in [-0.39, 0.29) is 24.2 Å². The van der Waals surface area contributed by atoms with Crippen molar-refractivity contribution < 1.29 is 33.6 Å². The minimum atomic E-state index is -2.22. The lowest BCUT2D eigenvalue weighted by Gasteiger charge is -2.28. The van der Waals surface area contributed by atoms with E-state index in [0.717, 1.165) is 5.56 Å². The van der Waals surface area contributed by atoms with E-state index in [0.29, 0.717) is 0 Å². The van der Waals surface area contributed by atoms with E-state index in [9.17, 15) is 14.7 Å². The van der Waals surface area contributed by atoms with Gasteiger partial charge in [-0.2, -0.15) is 9.97 Å². The SMILES string of the molecule is COc1cc(OC)nc(C(O)(C(=O)OCC(=O)OCc2ccccc2)C(C)C)n1. The Bertz CT molecular complexity index is 820. The first kappa shape index (κ1) is 22.1. The number of carbonyl (C=O) groups excluding carboxylic acids is 2. The summed E-state index contributed by atoms with van der Waals surface area (Å²) in [6, 6.07) is 10.5. The molecule has 0 saturated carbocycles. The largest absolute Gasteiger partial charge is 0.481 e. The number of aliphatic hydroxyl groups is 1. The molecule has 1 N–H and O–H groups in total. The summed E-state index contributed by atoms with van der Waals surface area (Å²) in [5.74, 6) is -2.57. The number of hydrogen-bond donors (Lipinski definition) is 1. The zero-order chi connectivity index (χ0) is 21.4. The number of esters is 2. The number of carbonyl (C=O) groups is 2. The third-order valence-electron chi connectivity index (χ3n) is 4.15.